The van der Waals surface area contributed by atoms with Crippen molar-refractivity contribution in [2.45, 2.75) is 19.6 Å². The predicted molar refractivity (Wildman–Crippen MR) is 63.7 cm³/mol. The highest BCUT2D eigenvalue weighted by Gasteiger charge is 2.01. The molecule has 5 heteroatoms. The van der Waals surface area contributed by atoms with Crippen LogP contribution in [0.5, 0.6) is 0 Å². The van der Waals surface area contributed by atoms with Crippen LogP contribution >= 0.6 is 39.9 Å². The number of H-pyrrole nitrogens is 1. The summed E-state index contributed by atoms with van der Waals surface area (Å²) in [6.07, 6.45) is 0. The third kappa shape index (κ3) is 3.07. The lowest BCUT2D eigenvalue weighted by Gasteiger charge is -2.03. The van der Waals surface area contributed by atoms with E-state index in [1.165, 1.54) is 0 Å². The highest BCUT2D eigenvalue weighted by Crippen LogP contribution is 2.16. The standard InChI is InChI=1S/C8H11BrN2S2/c1-3-13-4-6-10-5(2)7(9)8(12)11-6/h3-4H2,1-2H3,(H,10,11,12). The van der Waals surface area contributed by atoms with Crippen LogP contribution in [0.3, 0.4) is 0 Å². The van der Waals surface area contributed by atoms with Crippen molar-refractivity contribution in [3.8, 4) is 0 Å². The van der Waals surface area contributed by atoms with E-state index in [2.05, 4.69) is 32.8 Å². The predicted octanol–water partition coefficient (Wildman–Crippen LogP) is 3.46. The molecule has 1 heterocycles. The Morgan fingerprint density at radius 1 is 1.62 bits per heavy atom. The maximum absolute atomic E-state index is 5.09. The molecule has 0 aliphatic rings. The van der Waals surface area contributed by atoms with Crippen molar-refractivity contribution >= 4 is 39.9 Å². The molecule has 0 atom stereocenters. The van der Waals surface area contributed by atoms with Gasteiger partial charge in [0.25, 0.3) is 0 Å². The van der Waals surface area contributed by atoms with Gasteiger partial charge < -0.3 is 4.98 Å². The molecule has 0 radical (unpaired) electrons. The lowest BCUT2D eigenvalue weighted by molar-refractivity contribution is 0.974. The molecule has 2 nitrogen and oxygen atoms in total. The van der Waals surface area contributed by atoms with E-state index in [1.807, 2.05) is 18.7 Å². The van der Waals surface area contributed by atoms with Crippen LogP contribution in [-0.4, -0.2) is 15.7 Å². The van der Waals surface area contributed by atoms with E-state index in [1.54, 1.807) is 0 Å². The number of nitrogens with zero attached hydrogens (tertiary/aromatic N) is 1. The topological polar surface area (TPSA) is 28.7 Å². The van der Waals surface area contributed by atoms with Crippen LogP contribution in [0.15, 0.2) is 4.47 Å². The Kier molecular flexibility index (Phi) is 4.41. The maximum Gasteiger partial charge on any atom is 0.144 e. The maximum atomic E-state index is 5.09. The van der Waals surface area contributed by atoms with Crippen LogP contribution in [0, 0.1) is 11.6 Å². The molecule has 13 heavy (non-hydrogen) atoms. The molecule has 0 saturated heterocycles. The van der Waals surface area contributed by atoms with Gasteiger partial charge in [-0.15, -0.1) is 0 Å². The molecular formula is C8H11BrN2S2. The van der Waals surface area contributed by atoms with Crippen LogP contribution in [0.4, 0.5) is 0 Å². The van der Waals surface area contributed by atoms with Crippen molar-refractivity contribution in [2.75, 3.05) is 5.75 Å². The highest BCUT2D eigenvalue weighted by molar-refractivity contribution is 9.10. The van der Waals surface area contributed by atoms with Crippen molar-refractivity contribution in [1.29, 1.82) is 0 Å². The Morgan fingerprint density at radius 2 is 2.31 bits per heavy atom. The molecule has 72 valence electrons. The Labute approximate surface area is 95.7 Å². The van der Waals surface area contributed by atoms with Crippen molar-refractivity contribution in [3.63, 3.8) is 0 Å². The number of thioether (sulfide) groups is 1. The summed E-state index contributed by atoms with van der Waals surface area (Å²) in [5, 5.41) is 0. The number of hydrogen-bond acceptors (Lipinski definition) is 3. The van der Waals surface area contributed by atoms with Gasteiger partial charge in [-0.05, 0) is 28.6 Å². The molecule has 1 N–H and O–H groups in total. The molecule has 1 rings (SSSR count). The minimum atomic E-state index is 0.642. The quantitative estimate of drug-likeness (QED) is 0.859. The fourth-order valence-electron chi connectivity index (χ4n) is 0.898. The van der Waals surface area contributed by atoms with E-state index in [0.29, 0.717) is 4.64 Å². The second kappa shape index (κ2) is 5.12. The largest absolute Gasteiger partial charge is 0.346 e. The first-order chi connectivity index (χ1) is 6.15. The van der Waals surface area contributed by atoms with Gasteiger partial charge in [0.2, 0.25) is 0 Å². The van der Waals surface area contributed by atoms with Crippen LogP contribution in [-0.2, 0) is 5.75 Å². The summed E-state index contributed by atoms with van der Waals surface area (Å²) >= 11 is 10.3. The Balaban J connectivity index is 2.93. The first kappa shape index (κ1) is 11.2. The highest BCUT2D eigenvalue weighted by atomic mass is 79.9. The molecule has 1 aromatic rings. The normalized spacial score (nSPS) is 10.4. The molecule has 0 spiro atoms. The van der Waals surface area contributed by atoms with Crippen LogP contribution in [0.2, 0.25) is 0 Å². The van der Waals surface area contributed by atoms with E-state index in [0.717, 1.165) is 27.5 Å². The molecular weight excluding hydrogens is 268 g/mol. The molecule has 0 aromatic carbocycles. The van der Waals surface area contributed by atoms with Gasteiger partial charge in [-0.25, -0.2) is 4.98 Å². The van der Waals surface area contributed by atoms with Gasteiger partial charge in [-0.1, -0.05) is 19.1 Å². The minimum absolute atomic E-state index is 0.642. The average Bonchev–Trinajstić information content (AvgIpc) is 2.10. The van der Waals surface area contributed by atoms with Gasteiger partial charge in [0, 0.05) is 5.69 Å². The molecule has 0 amide bonds. The molecule has 0 unspecified atom stereocenters. The molecule has 0 saturated carbocycles. The lowest BCUT2D eigenvalue weighted by atomic mass is 10.4. The average molecular weight is 279 g/mol. The summed E-state index contributed by atoms with van der Waals surface area (Å²) in [4.78, 5) is 7.47. The van der Waals surface area contributed by atoms with E-state index >= 15 is 0 Å². The summed E-state index contributed by atoms with van der Waals surface area (Å²) in [5.41, 5.74) is 1.05. The number of aromatic nitrogens is 2. The van der Waals surface area contributed by atoms with Crippen LogP contribution in [0.1, 0.15) is 18.4 Å². The smallest absolute Gasteiger partial charge is 0.144 e. The Bertz CT molecular complexity index is 348. The third-order valence-electron chi connectivity index (χ3n) is 1.53. The number of nitrogens with one attached hydrogen (secondary N) is 1. The minimum Gasteiger partial charge on any atom is -0.346 e. The summed E-state index contributed by atoms with van der Waals surface area (Å²) < 4.78 is 1.54. The van der Waals surface area contributed by atoms with Gasteiger partial charge in [-0.2, -0.15) is 11.8 Å². The zero-order valence-electron chi connectivity index (χ0n) is 7.56. The number of aromatic amines is 1. The van der Waals surface area contributed by atoms with Crippen molar-refractivity contribution < 1.29 is 0 Å². The Hall–Kier alpha value is 0.130. The molecule has 0 aliphatic heterocycles. The van der Waals surface area contributed by atoms with Crippen LogP contribution < -0.4 is 0 Å². The van der Waals surface area contributed by atoms with Crippen molar-refractivity contribution in [1.82, 2.24) is 9.97 Å². The second-order valence-corrected chi connectivity index (χ2v) is 5.02. The van der Waals surface area contributed by atoms with Crippen molar-refractivity contribution in [2.24, 2.45) is 0 Å². The monoisotopic (exact) mass is 278 g/mol. The van der Waals surface area contributed by atoms with Gasteiger partial charge in [0.15, 0.2) is 0 Å². The summed E-state index contributed by atoms with van der Waals surface area (Å²) in [5.74, 6) is 2.95. The fourth-order valence-corrected chi connectivity index (χ4v) is 1.88. The first-order valence-corrected chi connectivity index (χ1v) is 6.33. The first-order valence-electron chi connectivity index (χ1n) is 3.98. The molecule has 0 fully saturated rings. The molecule has 1 aromatic heterocycles. The zero-order chi connectivity index (χ0) is 9.84. The SMILES string of the molecule is CCSCc1nc(=S)c(Br)c(C)[nH]1. The zero-order valence-corrected chi connectivity index (χ0v) is 10.8. The van der Waals surface area contributed by atoms with Gasteiger partial charge in [-0.3, -0.25) is 0 Å². The summed E-state index contributed by atoms with van der Waals surface area (Å²) in [6, 6.07) is 0. The molecule has 0 aliphatic carbocycles. The summed E-state index contributed by atoms with van der Waals surface area (Å²) in [6.45, 7) is 4.12. The van der Waals surface area contributed by atoms with E-state index in [4.69, 9.17) is 12.2 Å². The van der Waals surface area contributed by atoms with E-state index < -0.39 is 0 Å². The molecule has 0 bridgehead atoms. The Morgan fingerprint density at radius 3 is 2.85 bits per heavy atom. The van der Waals surface area contributed by atoms with Gasteiger partial charge >= 0.3 is 0 Å². The van der Waals surface area contributed by atoms with E-state index in [9.17, 15) is 0 Å². The van der Waals surface area contributed by atoms with Crippen molar-refractivity contribution in [3.05, 3.63) is 20.6 Å². The van der Waals surface area contributed by atoms with Crippen LogP contribution in [0.25, 0.3) is 0 Å². The van der Waals surface area contributed by atoms with Gasteiger partial charge in [0.1, 0.15) is 10.5 Å². The fraction of sp³-hybridized carbons (Fsp3) is 0.500. The number of halogens is 1. The third-order valence-corrected chi connectivity index (χ3v) is 3.94. The van der Waals surface area contributed by atoms with Gasteiger partial charge in [0.05, 0.1) is 10.2 Å². The number of aryl methyl sites for hydroxylation is 1. The van der Waals surface area contributed by atoms with E-state index in [-0.39, 0.29) is 0 Å². The lowest BCUT2D eigenvalue weighted by Crippen LogP contribution is -1.97. The second-order valence-electron chi connectivity index (χ2n) is 2.56. The number of rotatable bonds is 3. The summed E-state index contributed by atoms with van der Waals surface area (Å²) in [7, 11) is 0. The number of hydrogen-bond donors (Lipinski definition) is 1.